The second kappa shape index (κ2) is 6.97. The lowest BCUT2D eigenvalue weighted by Crippen LogP contribution is -2.33. The first kappa shape index (κ1) is 17.0. The number of benzene rings is 2. The third kappa shape index (κ3) is 3.50. The van der Waals surface area contributed by atoms with Gasteiger partial charge in [0.25, 0.3) is 0 Å². The van der Waals surface area contributed by atoms with Crippen molar-refractivity contribution in [3.63, 3.8) is 0 Å². The Bertz CT molecular complexity index is 784. The number of ether oxygens (including phenoxy) is 3. The molecule has 0 amide bonds. The molecule has 5 nitrogen and oxygen atoms in total. The van der Waals surface area contributed by atoms with Gasteiger partial charge in [0.15, 0.2) is 0 Å². The van der Waals surface area contributed by atoms with Crippen molar-refractivity contribution in [1.82, 2.24) is 0 Å². The van der Waals surface area contributed by atoms with Gasteiger partial charge in [0, 0.05) is 5.56 Å². The maximum atomic E-state index is 12.3. The topological polar surface area (TPSA) is 61.8 Å². The van der Waals surface area contributed by atoms with Crippen LogP contribution in [0.2, 0.25) is 0 Å². The second-order valence-electron chi connectivity index (χ2n) is 6.14. The summed E-state index contributed by atoms with van der Waals surface area (Å²) in [7, 11) is 0. The molecule has 1 atom stereocenters. The summed E-state index contributed by atoms with van der Waals surface area (Å²) in [6, 6.07) is 15.0. The van der Waals surface area contributed by atoms with Crippen molar-refractivity contribution in [2.45, 2.75) is 32.3 Å². The number of hydrogen-bond acceptors (Lipinski definition) is 5. The molecule has 1 aliphatic rings. The first-order chi connectivity index (χ1) is 12.0. The molecular formula is C20H20O5. The van der Waals surface area contributed by atoms with Gasteiger partial charge in [-0.15, -0.1) is 0 Å². The molecule has 2 aromatic carbocycles. The number of carbonyl (C=O) groups excluding carboxylic acids is 2. The Morgan fingerprint density at radius 2 is 1.92 bits per heavy atom. The molecule has 0 spiro atoms. The highest BCUT2D eigenvalue weighted by Gasteiger charge is 2.47. The van der Waals surface area contributed by atoms with Crippen molar-refractivity contribution in [3.8, 4) is 11.5 Å². The molecule has 3 rings (SSSR count). The van der Waals surface area contributed by atoms with Crippen LogP contribution in [0.25, 0.3) is 0 Å². The van der Waals surface area contributed by atoms with E-state index in [0.29, 0.717) is 23.7 Å². The average molecular weight is 340 g/mol. The zero-order chi connectivity index (χ0) is 17.9. The van der Waals surface area contributed by atoms with Crippen LogP contribution in [0.4, 0.5) is 0 Å². The van der Waals surface area contributed by atoms with E-state index in [1.165, 1.54) is 0 Å². The van der Waals surface area contributed by atoms with Crippen LogP contribution in [0.1, 0.15) is 31.4 Å². The Kier molecular flexibility index (Phi) is 4.74. The number of fused-ring (bicyclic) bond motifs is 1. The summed E-state index contributed by atoms with van der Waals surface area (Å²) in [5, 5.41) is 0. The molecule has 5 heteroatoms. The SMILES string of the molecule is CCOC(=O)CC1(C)C(=O)Oc2ccc(OCc3ccccc3)cc21. The maximum absolute atomic E-state index is 12.3. The summed E-state index contributed by atoms with van der Waals surface area (Å²) in [6.07, 6.45) is -0.0607. The average Bonchev–Trinajstić information content (AvgIpc) is 2.84. The molecule has 0 saturated heterocycles. The lowest BCUT2D eigenvalue weighted by atomic mass is 9.81. The van der Waals surface area contributed by atoms with E-state index < -0.39 is 17.4 Å². The van der Waals surface area contributed by atoms with E-state index >= 15 is 0 Å². The van der Waals surface area contributed by atoms with Gasteiger partial charge in [-0.2, -0.15) is 0 Å². The van der Waals surface area contributed by atoms with Crippen LogP contribution in [0, 0.1) is 0 Å². The molecule has 130 valence electrons. The zero-order valence-electron chi connectivity index (χ0n) is 14.3. The fourth-order valence-electron chi connectivity index (χ4n) is 2.85. The molecule has 25 heavy (non-hydrogen) atoms. The molecule has 1 heterocycles. The summed E-state index contributed by atoms with van der Waals surface area (Å²) in [5.74, 6) is 0.209. The molecule has 0 N–H and O–H groups in total. The fraction of sp³-hybridized carbons (Fsp3) is 0.300. The summed E-state index contributed by atoms with van der Waals surface area (Å²) in [5.41, 5.74) is 0.633. The van der Waals surface area contributed by atoms with Crippen LogP contribution in [0.15, 0.2) is 48.5 Å². The Hall–Kier alpha value is -2.82. The molecular weight excluding hydrogens is 320 g/mol. The molecule has 1 aliphatic heterocycles. The van der Waals surface area contributed by atoms with E-state index in [0.717, 1.165) is 5.56 Å². The third-order valence-electron chi connectivity index (χ3n) is 4.25. The van der Waals surface area contributed by atoms with Gasteiger partial charge in [-0.05, 0) is 37.6 Å². The molecule has 0 aromatic heterocycles. The van der Waals surface area contributed by atoms with Crippen molar-refractivity contribution in [2.75, 3.05) is 6.61 Å². The Morgan fingerprint density at radius 1 is 1.16 bits per heavy atom. The quantitative estimate of drug-likeness (QED) is 0.596. The first-order valence-corrected chi connectivity index (χ1v) is 8.22. The highest BCUT2D eigenvalue weighted by atomic mass is 16.5. The van der Waals surface area contributed by atoms with Crippen molar-refractivity contribution in [3.05, 3.63) is 59.7 Å². The van der Waals surface area contributed by atoms with Gasteiger partial charge in [0.2, 0.25) is 0 Å². The van der Waals surface area contributed by atoms with E-state index in [1.54, 1.807) is 32.0 Å². The van der Waals surface area contributed by atoms with Crippen LogP contribution in [0.3, 0.4) is 0 Å². The van der Waals surface area contributed by atoms with Gasteiger partial charge < -0.3 is 14.2 Å². The van der Waals surface area contributed by atoms with E-state index in [4.69, 9.17) is 14.2 Å². The molecule has 2 aromatic rings. The second-order valence-corrected chi connectivity index (χ2v) is 6.14. The molecule has 0 fully saturated rings. The smallest absolute Gasteiger partial charge is 0.322 e. The number of rotatable bonds is 6. The van der Waals surface area contributed by atoms with Gasteiger partial charge >= 0.3 is 11.9 Å². The predicted octanol–water partition coefficient (Wildman–Crippen LogP) is 3.40. The Balaban J connectivity index is 1.80. The molecule has 0 saturated carbocycles. The lowest BCUT2D eigenvalue weighted by Gasteiger charge is -2.19. The van der Waals surface area contributed by atoms with Gasteiger partial charge in [-0.3, -0.25) is 9.59 Å². The van der Waals surface area contributed by atoms with E-state index in [9.17, 15) is 9.59 Å². The van der Waals surface area contributed by atoms with Crippen LogP contribution in [-0.4, -0.2) is 18.5 Å². The number of esters is 2. The van der Waals surface area contributed by atoms with Crippen LogP contribution in [-0.2, 0) is 26.3 Å². The summed E-state index contributed by atoms with van der Waals surface area (Å²) >= 11 is 0. The standard InChI is InChI=1S/C20H20O5/c1-3-23-18(21)12-20(2)16-11-15(9-10-17(16)25-19(20)22)24-13-14-7-5-4-6-8-14/h4-11H,3,12-13H2,1-2H3. The minimum Gasteiger partial charge on any atom is -0.489 e. The summed E-state index contributed by atoms with van der Waals surface area (Å²) in [6.45, 7) is 4.12. The van der Waals surface area contributed by atoms with Crippen molar-refractivity contribution < 1.29 is 23.8 Å². The fourth-order valence-corrected chi connectivity index (χ4v) is 2.85. The highest BCUT2D eigenvalue weighted by molar-refractivity contribution is 5.94. The van der Waals surface area contributed by atoms with Crippen LogP contribution < -0.4 is 9.47 Å². The zero-order valence-corrected chi connectivity index (χ0v) is 14.3. The van der Waals surface area contributed by atoms with Crippen molar-refractivity contribution in [2.24, 2.45) is 0 Å². The van der Waals surface area contributed by atoms with Gasteiger partial charge in [0.05, 0.1) is 13.0 Å². The van der Waals surface area contributed by atoms with Crippen molar-refractivity contribution >= 4 is 11.9 Å². The molecule has 0 radical (unpaired) electrons. The molecule has 1 unspecified atom stereocenters. The maximum Gasteiger partial charge on any atom is 0.322 e. The Morgan fingerprint density at radius 3 is 2.64 bits per heavy atom. The van der Waals surface area contributed by atoms with Crippen LogP contribution >= 0.6 is 0 Å². The van der Waals surface area contributed by atoms with E-state index in [2.05, 4.69) is 0 Å². The molecule has 0 aliphatic carbocycles. The summed E-state index contributed by atoms with van der Waals surface area (Å²) in [4.78, 5) is 24.2. The normalized spacial score (nSPS) is 18.4. The summed E-state index contributed by atoms with van der Waals surface area (Å²) < 4.78 is 16.1. The van der Waals surface area contributed by atoms with Gasteiger partial charge in [-0.1, -0.05) is 30.3 Å². The van der Waals surface area contributed by atoms with Crippen molar-refractivity contribution in [1.29, 1.82) is 0 Å². The lowest BCUT2D eigenvalue weighted by molar-refractivity contribution is -0.149. The highest BCUT2D eigenvalue weighted by Crippen LogP contribution is 2.43. The van der Waals surface area contributed by atoms with Gasteiger partial charge in [-0.25, -0.2) is 0 Å². The number of hydrogen-bond donors (Lipinski definition) is 0. The monoisotopic (exact) mass is 340 g/mol. The number of carbonyl (C=O) groups is 2. The van der Waals surface area contributed by atoms with Gasteiger partial charge in [0.1, 0.15) is 23.5 Å². The Labute approximate surface area is 146 Å². The minimum absolute atomic E-state index is 0.0607. The molecule has 0 bridgehead atoms. The predicted molar refractivity (Wildman–Crippen MR) is 91.5 cm³/mol. The van der Waals surface area contributed by atoms with E-state index in [-0.39, 0.29) is 13.0 Å². The van der Waals surface area contributed by atoms with E-state index in [1.807, 2.05) is 30.3 Å². The van der Waals surface area contributed by atoms with Crippen LogP contribution in [0.5, 0.6) is 11.5 Å². The largest absolute Gasteiger partial charge is 0.489 e. The minimum atomic E-state index is -1.06. The first-order valence-electron chi connectivity index (χ1n) is 8.22. The third-order valence-corrected chi connectivity index (χ3v) is 4.25.